The van der Waals surface area contributed by atoms with Crippen molar-refractivity contribution in [2.45, 2.75) is 20.3 Å². The molecule has 0 N–H and O–H groups in total. The molecule has 0 radical (unpaired) electrons. The Bertz CT molecular complexity index is 111. The Morgan fingerprint density at radius 1 is 1.12 bits per heavy atom. The van der Waals surface area contributed by atoms with Crippen molar-refractivity contribution in [3.63, 3.8) is 0 Å². The largest absolute Gasteiger partial charge is 0.0656 e. The minimum atomic E-state index is 1.25. The van der Waals surface area contributed by atoms with Gasteiger partial charge in [-0.2, -0.15) is 0 Å². The Hall–Kier alpha value is 1.10. The summed E-state index contributed by atoms with van der Waals surface area (Å²) in [4.78, 5) is 0. The molecule has 0 rings (SSSR count). The van der Waals surface area contributed by atoms with Crippen LogP contribution in [0.3, 0.4) is 0 Å². The van der Waals surface area contributed by atoms with Crippen LogP contribution in [0.5, 0.6) is 0 Å². The average Bonchev–Trinajstić information content (AvgIpc) is 1.71. The van der Waals surface area contributed by atoms with Crippen molar-refractivity contribution in [1.82, 2.24) is 0 Å². The molecular weight excluding hydrogens is 196 g/mol. The van der Waals surface area contributed by atoms with E-state index in [2.05, 4.69) is 36.2 Å². The van der Waals surface area contributed by atoms with Crippen molar-refractivity contribution in [3.05, 3.63) is 0 Å². The zero-order chi connectivity index (χ0) is 6.83. The van der Waals surface area contributed by atoms with E-state index in [-0.39, 0.29) is 0 Å². The van der Waals surface area contributed by atoms with Crippen molar-refractivity contribution >= 4 is 49.0 Å². The zero-order valence-electron chi connectivity index (χ0n) is 4.75. The second-order valence-electron chi connectivity index (χ2n) is 0.911. The van der Waals surface area contributed by atoms with E-state index in [0.717, 1.165) is 0 Å². The molecule has 0 saturated carbocycles. The molecule has 0 aromatic heterocycles. The first-order valence-electron chi connectivity index (χ1n) is 2.08. The average molecular weight is 204 g/mol. The molecule has 0 aliphatic rings. The summed E-state index contributed by atoms with van der Waals surface area (Å²) >= 11 is 8.89. The van der Waals surface area contributed by atoms with E-state index in [1.165, 1.54) is 33.1 Å². The molecule has 50 valence electrons. The summed E-state index contributed by atoms with van der Waals surface area (Å²) < 4.78 is 0. The smallest absolute Gasteiger partial charge is 0 e. The number of hydrogen-bond donors (Lipinski definition) is 0. The van der Waals surface area contributed by atoms with Gasteiger partial charge in [0, 0.05) is 49.0 Å². The molecular formula is C3H8S5. The highest BCUT2D eigenvalue weighted by Crippen LogP contribution is 1.56. The molecule has 8 heavy (non-hydrogen) atoms. The fourth-order valence-electron chi connectivity index (χ4n) is 0.0113. The first-order valence-corrected chi connectivity index (χ1v) is 7.41. The molecule has 0 atom stereocenters. The second kappa shape index (κ2) is 15.7. The predicted octanol–water partition coefficient (Wildman–Crippen LogP) is 1.40. The van der Waals surface area contributed by atoms with Gasteiger partial charge in [0.05, 0.1) is 0 Å². The number of rotatable bonds is 0. The third-order valence-corrected chi connectivity index (χ3v) is 4.50. The van der Waals surface area contributed by atoms with Gasteiger partial charge in [0.1, 0.15) is 0 Å². The monoisotopic (exact) mass is 204 g/mol. The predicted molar refractivity (Wildman–Crippen MR) is 52.8 cm³/mol. The summed E-state index contributed by atoms with van der Waals surface area (Å²) in [7, 11) is 3.95. The maximum atomic E-state index is 4.44. The van der Waals surface area contributed by atoms with Crippen LogP contribution in [0.1, 0.15) is 20.3 Å². The lowest BCUT2D eigenvalue weighted by Crippen LogP contribution is -1.27. The van der Waals surface area contributed by atoms with Crippen LogP contribution >= 0.6 is 0 Å². The van der Waals surface area contributed by atoms with Gasteiger partial charge in [0.15, 0.2) is 0 Å². The second-order valence-corrected chi connectivity index (χ2v) is 6.22. The zero-order valence-corrected chi connectivity index (χ0v) is 8.83. The minimum Gasteiger partial charge on any atom is -0.0656 e. The van der Waals surface area contributed by atoms with E-state index in [4.69, 9.17) is 0 Å². The van der Waals surface area contributed by atoms with E-state index in [1.54, 1.807) is 0 Å². The summed E-state index contributed by atoms with van der Waals surface area (Å²) in [5, 5.41) is 0. The van der Waals surface area contributed by atoms with Crippen LogP contribution in [0.2, 0.25) is 0 Å². The molecule has 0 nitrogen and oxygen atoms in total. The molecule has 0 aromatic carbocycles. The molecule has 0 fully saturated rings. The Labute approximate surface area is 69.0 Å². The Balaban J connectivity index is 0. The first-order chi connectivity index (χ1) is 3.83. The van der Waals surface area contributed by atoms with Crippen LogP contribution in [-0.2, 0) is 49.0 Å². The normalized spacial score (nSPS) is 5.75. The third-order valence-electron chi connectivity index (χ3n) is 0.0556. The van der Waals surface area contributed by atoms with E-state index in [0.29, 0.717) is 0 Å². The highest BCUT2D eigenvalue weighted by atomic mass is 33.3. The van der Waals surface area contributed by atoms with Crippen LogP contribution in [-0.4, -0.2) is 0 Å². The molecule has 0 bridgehead atoms. The number of hydrogen-bond acceptors (Lipinski definition) is 2. The standard InChI is InChI=1S/C3H8.S5/c1-3-2;1-3-5-4-2/h3H2,1-2H3;. The van der Waals surface area contributed by atoms with Crippen molar-refractivity contribution in [2.75, 3.05) is 0 Å². The Morgan fingerprint density at radius 3 is 1.38 bits per heavy atom. The minimum absolute atomic E-state index is 1.25. The van der Waals surface area contributed by atoms with Gasteiger partial charge in [-0.3, -0.25) is 0 Å². The van der Waals surface area contributed by atoms with Gasteiger partial charge in [-0.15, -0.1) is 0 Å². The molecule has 0 heterocycles. The first kappa shape index (κ1) is 11.8. The molecule has 0 amide bonds. The molecule has 0 unspecified atom stereocenters. The summed E-state index contributed by atoms with van der Waals surface area (Å²) in [6, 6.07) is 0. The summed E-state index contributed by atoms with van der Waals surface area (Å²) in [6.07, 6.45) is 1.25. The molecule has 0 spiro atoms. The summed E-state index contributed by atoms with van der Waals surface area (Å²) in [6.45, 7) is 4.25. The highest BCUT2D eigenvalue weighted by Gasteiger charge is 1.35. The quantitative estimate of drug-likeness (QED) is 0.585. The van der Waals surface area contributed by atoms with E-state index < -0.39 is 0 Å². The fourth-order valence-corrected chi connectivity index (χ4v) is 2.76. The fraction of sp³-hybridized carbons (Fsp3) is 1.00. The lowest BCUT2D eigenvalue weighted by molar-refractivity contribution is 1.09. The Kier molecular flexibility index (Phi) is 23.2. The van der Waals surface area contributed by atoms with E-state index >= 15 is 0 Å². The van der Waals surface area contributed by atoms with Gasteiger partial charge in [-0.25, -0.2) is 0 Å². The van der Waals surface area contributed by atoms with Crippen LogP contribution < -0.4 is 0 Å². The molecule has 0 aliphatic carbocycles. The summed E-state index contributed by atoms with van der Waals surface area (Å²) in [5.41, 5.74) is 0. The third kappa shape index (κ3) is 27.5. The van der Waals surface area contributed by atoms with Crippen LogP contribution in [0.25, 0.3) is 0 Å². The highest BCUT2D eigenvalue weighted by molar-refractivity contribution is 8.59. The topological polar surface area (TPSA) is 0 Å². The lowest BCUT2D eigenvalue weighted by Gasteiger charge is -1.48. The van der Waals surface area contributed by atoms with Crippen LogP contribution in [0, 0.1) is 0 Å². The molecule has 0 aliphatic heterocycles. The maximum Gasteiger partial charge on any atom is 0 e. The lowest BCUT2D eigenvalue weighted by atomic mass is 10.6. The van der Waals surface area contributed by atoms with Crippen molar-refractivity contribution in [3.8, 4) is 0 Å². The van der Waals surface area contributed by atoms with Crippen LogP contribution in [0.15, 0.2) is 0 Å². The van der Waals surface area contributed by atoms with E-state index in [1.807, 2.05) is 0 Å². The molecule has 5 heteroatoms. The van der Waals surface area contributed by atoms with Gasteiger partial charge < -0.3 is 0 Å². The maximum absolute atomic E-state index is 4.44. The Morgan fingerprint density at radius 2 is 1.38 bits per heavy atom. The van der Waals surface area contributed by atoms with Gasteiger partial charge >= 0.3 is 0 Å². The molecule has 0 aromatic rings. The van der Waals surface area contributed by atoms with Crippen LogP contribution in [0.4, 0.5) is 0 Å². The van der Waals surface area contributed by atoms with Gasteiger partial charge in [-0.1, -0.05) is 20.3 Å². The SMILES string of the molecule is CCC.S=S=S=S=S. The van der Waals surface area contributed by atoms with Crippen molar-refractivity contribution in [2.24, 2.45) is 0 Å². The van der Waals surface area contributed by atoms with Crippen molar-refractivity contribution < 1.29 is 0 Å². The van der Waals surface area contributed by atoms with Gasteiger partial charge in [0.2, 0.25) is 0 Å². The molecule has 0 saturated heterocycles. The van der Waals surface area contributed by atoms with Crippen molar-refractivity contribution in [1.29, 1.82) is 0 Å². The van der Waals surface area contributed by atoms with Gasteiger partial charge in [-0.05, 0) is 0 Å². The van der Waals surface area contributed by atoms with E-state index in [9.17, 15) is 0 Å². The van der Waals surface area contributed by atoms with Gasteiger partial charge in [0.25, 0.3) is 0 Å². The summed E-state index contributed by atoms with van der Waals surface area (Å²) in [5.74, 6) is 0.